The van der Waals surface area contributed by atoms with Crippen molar-refractivity contribution < 1.29 is 14.0 Å². The molecule has 25 heavy (non-hydrogen) atoms. The molecule has 2 atom stereocenters. The molecule has 0 spiro atoms. The highest BCUT2D eigenvalue weighted by molar-refractivity contribution is 7.14. The molecule has 2 aromatic heterocycles. The Hall–Kier alpha value is -2.12. The van der Waals surface area contributed by atoms with Crippen molar-refractivity contribution in [2.75, 3.05) is 31.5 Å². The summed E-state index contributed by atoms with van der Waals surface area (Å²) in [5.74, 6) is 1.26. The van der Waals surface area contributed by atoms with Crippen LogP contribution in [0.5, 0.6) is 0 Å². The topological polar surface area (TPSA) is 74.6 Å². The Morgan fingerprint density at radius 1 is 1.20 bits per heavy atom. The van der Waals surface area contributed by atoms with Gasteiger partial charge in [0.1, 0.15) is 5.00 Å². The van der Waals surface area contributed by atoms with Crippen LogP contribution in [0.2, 0.25) is 0 Å². The van der Waals surface area contributed by atoms with Crippen LogP contribution in [0, 0.1) is 11.8 Å². The van der Waals surface area contributed by atoms with Crippen LogP contribution in [0.15, 0.2) is 34.3 Å². The van der Waals surface area contributed by atoms with Crippen molar-refractivity contribution in [1.29, 1.82) is 0 Å². The van der Waals surface area contributed by atoms with Gasteiger partial charge in [0.25, 0.3) is 11.8 Å². The number of amides is 2. The van der Waals surface area contributed by atoms with Crippen LogP contribution in [0.4, 0.5) is 5.00 Å². The van der Waals surface area contributed by atoms with Gasteiger partial charge in [-0.15, -0.1) is 11.3 Å². The number of nitrogens with zero attached hydrogens (tertiary/aromatic N) is 1. The van der Waals surface area contributed by atoms with Crippen LogP contribution in [-0.2, 0) is 0 Å². The predicted molar refractivity (Wildman–Crippen MR) is 96.0 cm³/mol. The van der Waals surface area contributed by atoms with Gasteiger partial charge >= 0.3 is 0 Å². The summed E-state index contributed by atoms with van der Waals surface area (Å²) in [5.41, 5.74) is 0.565. The summed E-state index contributed by atoms with van der Waals surface area (Å²) in [7, 11) is 0. The number of thiophene rings is 1. The lowest BCUT2D eigenvalue weighted by Crippen LogP contribution is -2.33. The zero-order valence-corrected chi connectivity index (χ0v) is 14.7. The predicted octanol–water partition coefficient (Wildman–Crippen LogP) is 2.67. The van der Waals surface area contributed by atoms with Gasteiger partial charge in [-0.25, -0.2) is 0 Å². The molecule has 2 N–H and O–H groups in total. The van der Waals surface area contributed by atoms with Crippen molar-refractivity contribution in [2.45, 2.75) is 12.8 Å². The van der Waals surface area contributed by atoms with E-state index in [0.29, 0.717) is 22.4 Å². The standard InChI is InChI=1S/C18H21N3O3S/c22-16(15-2-1-8-24-15)20-17-14(5-9-25-17)18(23)21-6-3-12-10-19-11-13(12)4-7-21/h1-2,5,8-9,12-13,19H,3-4,6-7,10-11H2,(H,20,22)/t12-,13+. The first-order valence-electron chi connectivity index (χ1n) is 8.64. The number of carbonyl (C=O) groups is 2. The van der Waals surface area contributed by atoms with E-state index in [9.17, 15) is 9.59 Å². The summed E-state index contributed by atoms with van der Waals surface area (Å²) in [4.78, 5) is 27.1. The van der Waals surface area contributed by atoms with Crippen molar-refractivity contribution in [2.24, 2.45) is 11.8 Å². The summed E-state index contributed by atoms with van der Waals surface area (Å²) in [6, 6.07) is 5.06. The minimum absolute atomic E-state index is 0.00364. The number of nitrogens with one attached hydrogen (secondary N) is 2. The molecular weight excluding hydrogens is 338 g/mol. The highest BCUT2D eigenvalue weighted by Crippen LogP contribution is 2.30. The van der Waals surface area contributed by atoms with Gasteiger partial charge in [0, 0.05) is 13.1 Å². The van der Waals surface area contributed by atoms with E-state index < -0.39 is 0 Å². The zero-order chi connectivity index (χ0) is 17.2. The molecule has 2 saturated heterocycles. The summed E-state index contributed by atoms with van der Waals surface area (Å²) in [6.07, 6.45) is 3.54. The van der Waals surface area contributed by atoms with Gasteiger partial charge < -0.3 is 20.0 Å². The van der Waals surface area contributed by atoms with Gasteiger partial charge in [-0.2, -0.15) is 0 Å². The number of anilines is 1. The lowest BCUT2D eigenvalue weighted by molar-refractivity contribution is 0.0760. The second-order valence-corrected chi connectivity index (χ2v) is 7.56. The Labute approximate surface area is 150 Å². The molecule has 2 fully saturated rings. The quantitative estimate of drug-likeness (QED) is 0.884. The van der Waals surface area contributed by atoms with Crippen molar-refractivity contribution in [1.82, 2.24) is 10.2 Å². The van der Waals surface area contributed by atoms with Crippen LogP contribution >= 0.6 is 11.3 Å². The van der Waals surface area contributed by atoms with Crippen molar-refractivity contribution >= 4 is 28.2 Å². The molecule has 0 bridgehead atoms. The van der Waals surface area contributed by atoms with Gasteiger partial charge in [-0.05, 0) is 61.3 Å². The molecule has 4 heterocycles. The number of rotatable bonds is 3. The molecule has 0 unspecified atom stereocenters. The van der Waals surface area contributed by atoms with E-state index in [2.05, 4.69) is 10.6 Å². The largest absolute Gasteiger partial charge is 0.459 e. The Balaban J connectivity index is 1.46. The number of hydrogen-bond donors (Lipinski definition) is 2. The van der Waals surface area contributed by atoms with Crippen molar-refractivity contribution in [3.63, 3.8) is 0 Å². The first-order valence-corrected chi connectivity index (χ1v) is 9.52. The first-order chi connectivity index (χ1) is 12.2. The highest BCUT2D eigenvalue weighted by Gasteiger charge is 2.32. The number of carbonyl (C=O) groups excluding carboxylic acids is 2. The van der Waals surface area contributed by atoms with Gasteiger partial charge in [0.05, 0.1) is 11.8 Å². The van der Waals surface area contributed by atoms with Crippen LogP contribution in [0.1, 0.15) is 33.8 Å². The Bertz CT molecular complexity index is 741. The third-order valence-corrected chi connectivity index (χ3v) is 6.00. The normalized spacial score (nSPS) is 23.1. The maximum Gasteiger partial charge on any atom is 0.291 e. The fourth-order valence-electron chi connectivity index (χ4n) is 3.74. The van der Waals surface area contributed by atoms with E-state index in [-0.39, 0.29) is 17.6 Å². The lowest BCUT2D eigenvalue weighted by Gasteiger charge is -2.21. The second kappa shape index (κ2) is 7.01. The summed E-state index contributed by atoms with van der Waals surface area (Å²) in [6.45, 7) is 3.69. The third-order valence-electron chi connectivity index (χ3n) is 5.17. The summed E-state index contributed by atoms with van der Waals surface area (Å²) >= 11 is 1.36. The minimum atomic E-state index is -0.335. The smallest absolute Gasteiger partial charge is 0.291 e. The minimum Gasteiger partial charge on any atom is -0.459 e. The Kier molecular flexibility index (Phi) is 4.59. The molecule has 0 aliphatic carbocycles. The molecule has 0 aromatic carbocycles. The third kappa shape index (κ3) is 3.34. The maximum absolute atomic E-state index is 13.0. The molecule has 6 nitrogen and oxygen atoms in total. The highest BCUT2D eigenvalue weighted by atomic mass is 32.1. The molecule has 2 amide bonds. The molecule has 132 valence electrons. The molecule has 7 heteroatoms. The van der Waals surface area contributed by atoms with E-state index in [4.69, 9.17) is 4.42 Å². The van der Waals surface area contributed by atoms with Gasteiger partial charge in [-0.3, -0.25) is 9.59 Å². The average molecular weight is 359 g/mol. The molecule has 0 saturated carbocycles. The number of hydrogen-bond acceptors (Lipinski definition) is 5. The zero-order valence-electron chi connectivity index (χ0n) is 13.9. The van der Waals surface area contributed by atoms with E-state index in [1.807, 2.05) is 10.3 Å². The van der Waals surface area contributed by atoms with Crippen molar-refractivity contribution in [3.8, 4) is 0 Å². The molecule has 2 aliphatic heterocycles. The fraction of sp³-hybridized carbons (Fsp3) is 0.444. The van der Waals surface area contributed by atoms with Crippen LogP contribution in [0.25, 0.3) is 0 Å². The van der Waals surface area contributed by atoms with Crippen molar-refractivity contribution in [3.05, 3.63) is 41.2 Å². The van der Waals surface area contributed by atoms with Gasteiger partial charge in [-0.1, -0.05) is 0 Å². The Morgan fingerprint density at radius 3 is 2.64 bits per heavy atom. The molecule has 2 aromatic rings. The fourth-order valence-corrected chi connectivity index (χ4v) is 4.51. The lowest BCUT2D eigenvalue weighted by atomic mass is 9.92. The van der Waals surface area contributed by atoms with E-state index >= 15 is 0 Å². The molecular formula is C18H21N3O3S. The van der Waals surface area contributed by atoms with Gasteiger partial charge in [0.2, 0.25) is 0 Å². The second-order valence-electron chi connectivity index (χ2n) is 6.64. The van der Waals surface area contributed by atoms with Crippen LogP contribution in [-0.4, -0.2) is 42.9 Å². The maximum atomic E-state index is 13.0. The average Bonchev–Trinajstić information content (AvgIpc) is 3.34. The molecule has 4 rings (SSSR count). The number of fused-ring (bicyclic) bond motifs is 1. The molecule has 0 radical (unpaired) electrons. The van der Waals surface area contributed by atoms with E-state index in [1.54, 1.807) is 18.2 Å². The SMILES string of the molecule is O=C(Nc1sccc1C(=O)N1CC[C@@H]2CNC[C@@H]2CC1)c1ccco1. The summed E-state index contributed by atoms with van der Waals surface area (Å²) < 4.78 is 5.11. The number of furan rings is 1. The summed E-state index contributed by atoms with van der Waals surface area (Å²) in [5, 5.41) is 8.66. The van der Waals surface area contributed by atoms with E-state index in [1.165, 1.54) is 17.6 Å². The van der Waals surface area contributed by atoms with E-state index in [0.717, 1.165) is 39.0 Å². The van der Waals surface area contributed by atoms with Crippen LogP contribution in [0.3, 0.4) is 0 Å². The van der Waals surface area contributed by atoms with Gasteiger partial charge in [0.15, 0.2) is 5.76 Å². The monoisotopic (exact) mass is 359 g/mol. The molecule has 2 aliphatic rings. The Morgan fingerprint density at radius 2 is 1.96 bits per heavy atom. The first kappa shape index (κ1) is 16.4. The van der Waals surface area contributed by atoms with Crippen LogP contribution < -0.4 is 10.6 Å². The number of likely N-dealkylation sites (tertiary alicyclic amines) is 1.